The average molecular weight is 276 g/mol. The van der Waals surface area contributed by atoms with Gasteiger partial charge in [0.25, 0.3) is 0 Å². The average Bonchev–Trinajstić information content (AvgIpc) is 3.01. The number of carbonyl (C=O) groups excluding carboxylic acids is 1. The molecule has 20 heavy (non-hydrogen) atoms. The normalized spacial score (nSPS) is 32.9. The number of rotatable bonds is 3. The molecule has 3 heterocycles. The third kappa shape index (κ3) is 2.03. The smallest absolute Gasteiger partial charge is 0.242 e. The number of aromatic nitrogens is 2. The van der Waals surface area contributed by atoms with E-state index in [1.165, 1.54) is 6.42 Å². The van der Waals surface area contributed by atoms with Crippen LogP contribution in [-0.4, -0.2) is 40.5 Å². The summed E-state index contributed by atoms with van der Waals surface area (Å²) >= 11 is 0. The maximum atomic E-state index is 12.4. The molecule has 1 aromatic rings. The van der Waals surface area contributed by atoms with Gasteiger partial charge in [-0.15, -0.1) is 0 Å². The molecule has 3 fully saturated rings. The Labute approximate surface area is 117 Å². The number of anilines is 1. The van der Waals surface area contributed by atoms with Gasteiger partial charge in [0.15, 0.2) is 0 Å². The minimum Gasteiger partial charge on any atom is -0.376 e. The molecule has 0 spiro atoms. The quantitative estimate of drug-likeness (QED) is 0.866. The summed E-state index contributed by atoms with van der Waals surface area (Å²) in [6.07, 6.45) is 7.32. The van der Waals surface area contributed by atoms with Gasteiger partial charge in [-0.05, 0) is 32.1 Å². The topological polar surface area (TPSA) is 68.2 Å². The van der Waals surface area contributed by atoms with E-state index in [-0.39, 0.29) is 18.1 Å². The Balaban J connectivity index is 1.41. The van der Waals surface area contributed by atoms with Gasteiger partial charge in [-0.1, -0.05) is 0 Å². The fourth-order valence-electron chi connectivity index (χ4n) is 3.36. The SMILES string of the molecule is O=C(Nc1ccnn1C1CCC1)[C@@H]1C[C@@H]2OCC[C@@H]2N1. The number of fused-ring (bicyclic) bond motifs is 1. The van der Waals surface area contributed by atoms with Crippen LogP contribution in [0.25, 0.3) is 0 Å². The maximum Gasteiger partial charge on any atom is 0.242 e. The second-order valence-electron chi connectivity index (χ2n) is 5.99. The van der Waals surface area contributed by atoms with E-state index >= 15 is 0 Å². The molecule has 2 saturated heterocycles. The highest BCUT2D eigenvalue weighted by molar-refractivity contribution is 5.94. The van der Waals surface area contributed by atoms with Crippen LogP contribution in [0.3, 0.4) is 0 Å². The lowest BCUT2D eigenvalue weighted by Crippen LogP contribution is -2.39. The number of nitrogens with zero attached hydrogens (tertiary/aromatic N) is 2. The molecule has 2 N–H and O–H groups in total. The first-order valence-electron chi connectivity index (χ1n) is 7.53. The van der Waals surface area contributed by atoms with Gasteiger partial charge in [0, 0.05) is 18.7 Å². The molecule has 4 rings (SSSR count). The van der Waals surface area contributed by atoms with Crippen molar-refractivity contribution < 1.29 is 9.53 Å². The summed E-state index contributed by atoms with van der Waals surface area (Å²) < 4.78 is 7.57. The van der Waals surface area contributed by atoms with Gasteiger partial charge in [0.05, 0.1) is 24.4 Å². The highest BCUT2D eigenvalue weighted by Crippen LogP contribution is 2.33. The monoisotopic (exact) mass is 276 g/mol. The lowest BCUT2D eigenvalue weighted by atomic mass is 9.93. The molecule has 2 aliphatic heterocycles. The van der Waals surface area contributed by atoms with Crippen LogP contribution >= 0.6 is 0 Å². The summed E-state index contributed by atoms with van der Waals surface area (Å²) in [5.74, 6) is 0.851. The van der Waals surface area contributed by atoms with Crippen LogP contribution in [0.1, 0.15) is 38.1 Å². The molecule has 108 valence electrons. The van der Waals surface area contributed by atoms with Gasteiger partial charge < -0.3 is 15.4 Å². The fraction of sp³-hybridized carbons (Fsp3) is 0.714. The molecule has 6 heteroatoms. The van der Waals surface area contributed by atoms with Crippen LogP contribution in [-0.2, 0) is 9.53 Å². The Morgan fingerprint density at radius 2 is 2.35 bits per heavy atom. The molecular weight excluding hydrogens is 256 g/mol. The number of amides is 1. The van der Waals surface area contributed by atoms with Crippen molar-refractivity contribution in [2.24, 2.45) is 0 Å². The third-order valence-corrected chi connectivity index (χ3v) is 4.75. The van der Waals surface area contributed by atoms with Gasteiger partial charge in [-0.3, -0.25) is 4.79 Å². The molecule has 1 aliphatic carbocycles. The number of hydrogen-bond donors (Lipinski definition) is 2. The van der Waals surface area contributed by atoms with Crippen molar-refractivity contribution in [2.75, 3.05) is 11.9 Å². The fourth-order valence-corrected chi connectivity index (χ4v) is 3.36. The Morgan fingerprint density at radius 1 is 1.45 bits per heavy atom. The number of nitrogens with one attached hydrogen (secondary N) is 2. The zero-order chi connectivity index (χ0) is 13.5. The largest absolute Gasteiger partial charge is 0.376 e. The van der Waals surface area contributed by atoms with E-state index in [9.17, 15) is 4.79 Å². The second kappa shape index (κ2) is 4.86. The number of carbonyl (C=O) groups is 1. The summed E-state index contributed by atoms with van der Waals surface area (Å²) in [5, 5.41) is 10.7. The molecule has 1 aromatic heterocycles. The second-order valence-corrected chi connectivity index (χ2v) is 5.99. The first-order valence-corrected chi connectivity index (χ1v) is 7.53. The van der Waals surface area contributed by atoms with Gasteiger partial charge in [0.2, 0.25) is 5.91 Å². The molecular formula is C14H20N4O2. The van der Waals surface area contributed by atoms with Crippen LogP contribution in [0, 0.1) is 0 Å². The highest BCUT2D eigenvalue weighted by Gasteiger charge is 2.41. The van der Waals surface area contributed by atoms with Gasteiger partial charge in [-0.2, -0.15) is 5.10 Å². The summed E-state index contributed by atoms with van der Waals surface area (Å²) in [5.41, 5.74) is 0. The van der Waals surface area contributed by atoms with Crippen molar-refractivity contribution in [3.05, 3.63) is 12.3 Å². The van der Waals surface area contributed by atoms with E-state index in [4.69, 9.17) is 4.74 Å². The first kappa shape index (κ1) is 12.3. The maximum absolute atomic E-state index is 12.4. The predicted molar refractivity (Wildman–Crippen MR) is 73.4 cm³/mol. The number of hydrogen-bond acceptors (Lipinski definition) is 4. The lowest BCUT2D eigenvalue weighted by Gasteiger charge is -2.27. The van der Waals surface area contributed by atoms with Crippen LogP contribution in [0.5, 0.6) is 0 Å². The van der Waals surface area contributed by atoms with E-state index in [0.29, 0.717) is 12.1 Å². The van der Waals surface area contributed by atoms with Crippen LogP contribution in [0.2, 0.25) is 0 Å². The molecule has 1 saturated carbocycles. The molecule has 6 nitrogen and oxygen atoms in total. The Morgan fingerprint density at radius 3 is 3.10 bits per heavy atom. The Kier molecular flexibility index (Phi) is 3.00. The van der Waals surface area contributed by atoms with Gasteiger partial charge in [-0.25, -0.2) is 4.68 Å². The summed E-state index contributed by atoms with van der Waals surface area (Å²) in [7, 11) is 0. The lowest BCUT2D eigenvalue weighted by molar-refractivity contribution is -0.118. The van der Waals surface area contributed by atoms with Crippen molar-refractivity contribution in [3.63, 3.8) is 0 Å². The molecule has 3 atom stereocenters. The number of ether oxygens (including phenoxy) is 1. The van der Waals surface area contributed by atoms with E-state index < -0.39 is 0 Å². The first-order chi connectivity index (χ1) is 9.81. The minimum absolute atomic E-state index is 0.0315. The molecule has 0 aromatic carbocycles. The third-order valence-electron chi connectivity index (χ3n) is 4.75. The van der Waals surface area contributed by atoms with Crippen molar-refractivity contribution in [3.8, 4) is 0 Å². The van der Waals surface area contributed by atoms with Gasteiger partial charge >= 0.3 is 0 Å². The zero-order valence-electron chi connectivity index (χ0n) is 11.4. The molecule has 0 unspecified atom stereocenters. The van der Waals surface area contributed by atoms with Crippen molar-refractivity contribution in [1.82, 2.24) is 15.1 Å². The van der Waals surface area contributed by atoms with E-state index in [2.05, 4.69) is 15.7 Å². The van der Waals surface area contributed by atoms with Crippen molar-refractivity contribution in [1.29, 1.82) is 0 Å². The standard InChI is InChI=1S/C14H20N4O2/c19-14(11-8-12-10(16-11)5-7-20-12)17-13-4-6-15-18(13)9-2-1-3-9/h4,6,9-12,16H,1-3,5,7-8H2,(H,17,19)/t10-,11-,12-/m0/s1. The van der Waals surface area contributed by atoms with Crippen LogP contribution in [0.15, 0.2) is 12.3 Å². The molecule has 0 bridgehead atoms. The van der Waals surface area contributed by atoms with Crippen LogP contribution in [0.4, 0.5) is 5.82 Å². The van der Waals surface area contributed by atoms with E-state index in [0.717, 1.165) is 38.1 Å². The summed E-state index contributed by atoms with van der Waals surface area (Å²) in [6.45, 7) is 0.811. The summed E-state index contributed by atoms with van der Waals surface area (Å²) in [6, 6.07) is 2.54. The summed E-state index contributed by atoms with van der Waals surface area (Å²) in [4.78, 5) is 12.4. The molecule has 0 radical (unpaired) electrons. The molecule has 3 aliphatic rings. The Hall–Kier alpha value is -1.40. The zero-order valence-corrected chi connectivity index (χ0v) is 11.4. The van der Waals surface area contributed by atoms with Gasteiger partial charge in [0.1, 0.15) is 5.82 Å². The van der Waals surface area contributed by atoms with Crippen LogP contribution < -0.4 is 10.6 Å². The highest BCUT2D eigenvalue weighted by atomic mass is 16.5. The molecule has 1 amide bonds. The van der Waals surface area contributed by atoms with Crippen molar-refractivity contribution >= 4 is 11.7 Å². The predicted octanol–water partition coefficient (Wildman–Crippen LogP) is 1.07. The van der Waals surface area contributed by atoms with E-state index in [1.807, 2.05) is 10.7 Å². The minimum atomic E-state index is -0.143. The van der Waals surface area contributed by atoms with Crippen molar-refractivity contribution in [2.45, 2.75) is 56.3 Å². The van der Waals surface area contributed by atoms with E-state index in [1.54, 1.807) is 6.20 Å². The Bertz CT molecular complexity index is 499.